The molecule has 100 valence electrons. The summed E-state index contributed by atoms with van der Waals surface area (Å²) in [4.78, 5) is 11.3. The van der Waals surface area contributed by atoms with Gasteiger partial charge in [-0.1, -0.05) is 20.8 Å². The number of hydrogen-bond donors (Lipinski definition) is 1. The van der Waals surface area contributed by atoms with Crippen LogP contribution in [0.2, 0.25) is 0 Å². The minimum absolute atomic E-state index is 0.592. The van der Waals surface area contributed by atoms with Crippen molar-refractivity contribution in [2.75, 3.05) is 23.7 Å². The number of aryl methyl sites for hydroxylation is 1. The zero-order valence-corrected chi connectivity index (χ0v) is 11.7. The summed E-state index contributed by atoms with van der Waals surface area (Å²) in [5, 5.41) is 0. The number of nitrogens with zero attached hydrogens (tertiary/aromatic N) is 3. The van der Waals surface area contributed by atoms with Gasteiger partial charge in [0.25, 0.3) is 0 Å². The molecule has 4 heteroatoms. The van der Waals surface area contributed by atoms with Crippen molar-refractivity contribution in [3.05, 3.63) is 11.9 Å². The molecule has 0 aromatic carbocycles. The van der Waals surface area contributed by atoms with Crippen LogP contribution in [0.1, 0.15) is 39.4 Å². The number of aromatic nitrogens is 2. The standard InChI is InChI=1S/C14H24N4/c1-4-5-13-16-12(15)7-14(17-13)18-8-10(2)6-11(3)9-18/h7,10-11H,4-6,8-9H2,1-3H3,(H2,15,16,17). The molecule has 2 heterocycles. The highest BCUT2D eigenvalue weighted by molar-refractivity contribution is 5.47. The van der Waals surface area contributed by atoms with Gasteiger partial charge < -0.3 is 10.6 Å². The molecular weight excluding hydrogens is 224 g/mol. The van der Waals surface area contributed by atoms with Crippen LogP contribution >= 0.6 is 0 Å². The van der Waals surface area contributed by atoms with Gasteiger partial charge in [-0.2, -0.15) is 0 Å². The number of anilines is 2. The highest BCUT2D eigenvalue weighted by Gasteiger charge is 2.23. The summed E-state index contributed by atoms with van der Waals surface area (Å²) in [7, 11) is 0. The van der Waals surface area contributed by atoms with Gasteiger partial charge in [0, 0.05) is 25.6 Å². The van der Waals surface area contributed by atoms with E-state index in [-0.39, 0.29) is 0 Å². The first-order valence-corrected chi connectivity index (χ1v) is 6.96. The van der Waals surface area contributed by atoms with E-state index in [9.17, 15) is 0 Å². The average molecular weight is 248 g/mol. The van der Waals surface area contributed by atoms with Gasteiger partial charge in [0.1, 0.15) is 17.5 Å². The lowest BCUT2D eigenvalue weighted by atomic mass is 9.92. The van der Waals surface area contributed by atoms with Crippen molar-refractivity contribution in [1.29, 1.82) is 0 Å². The summed E-state index contributed by atoms with van der Waals surface area (Å²) in [5.74, 6) is 3.91. The number of nitrogens with two attached hydrogens (primary N) is 1. The maximum Gasteiger partial charge on any atom is 0.134 e. The third kappa shape index (κ3) is 3.12. The van der Waals surface area contributed by atoms with Gasteiger partial charge in [-0.05, 0) is 24.7 Å². The molecule has 18 heavy (non-hydrogen) atoms. The van der Waals surface area contributed by atoms with Gasteiger partial charge in [0.05, 0.1) is 0 Å². The van der Waals surface area contributed by atoms with Crippen LogP contribution in [0.4, 0.5) is 11.6 Å². The smallest absolute Gasteiger partial charge is 0.134 e. The average Bonchev–Trinajstić information content (AvgIpc) is 2.27. The Kier molecular flexibility index (Phi) is 4.04. The monoisotopic (exact) mass is 248 g/mol. The molecule has 2 N–H and O–H groups in total. The fourth-order valence-electron chi connectivity index (χ4n) is 2.85. The molecule has 4 nitrogen and oxygen atoms in total. The molecule has 2 rings (SSSR count). The highest BCUT2D eigenvalue weighted by Crippen LogP contribution is 2.25. The number of piperidine rings is 1. The fourth-order valence-corrected chi connectivity index (χ4v) is 2.85. The van der Waals surface area contributed by atoms with Crippen LogP contribution in [0.3, 0.4) is 0 Å². The van der Waals surface area contributed by atoms with Crippen LogP contribution in [-0.2, 0) is 6.42 Å². The van der Waals surface area contributed by atoms with Crippen molar-refractivity contribution in [2.24, 2.45) is 11.8 Å². The van der Waals surface area contributed by atoms with Gasteiger partial charge in [0.2, 0.25) is 0 Å². The Hall–Kier alpha value is -1.32. The SMILES string of the molecule is CCCc1nc(N)cc(N2CC(C)CC(C)C2)n1. The Bertz CT molecular complexity index is 395. The molecule has 2 atom stereocenters. The predicted octanol–water partition coefficient (Wildman–Crippen LogP) is 2.49. The second kappa shape index (κ2) is 5.55. The van der Waals surface area contributed by atoms with Gasteiger partial charge in [0.15, 0.2) is 0 Å². The van der Waals surface area contributed by atoms with Crippen LogP contribution in [0, 0.1) is 11.8 Å². The van der Waals surface area contributed by atoms with Crippen molar-refractivity contribution < 1.29 is 0 Å². The molecule has 0 saturated carbocycles. The minimum Gasteiger partial charge on any atom is -0.384 e. The topological polar surface area (TPSA) is 55.0 Å². The maximum atomic E-state index is 5.89. The van der Waals surface area contributed by atoms with E-state index in [2.05, 4.69) is 35.6 Å². The molecule has 0 aliphatic carbocycles. The second-order valence-corrected chi connectivity index (χ2v) is 5.67. The largest absolute Gasteiger partial charge is 0.384 e. The molecule has 1 aliphatic heterocycles. The summed E-state index contributed by atoms with van der Waals surface area (Å²) in [6.07, 6.45) is 3.26. The van der Waals surface area contributed by atoms with E-state index in [0.717, 1.165) is 49.4 Å². The third-order valence-electron chi connectivity index (χ3n) is 3.45. The second-order valence-electron chi connectivity index (χ2n) is 5.67. The molecule has 0 radical (unpaired) electrons. The Balaban J connectivity index is 2.21. The van der Waals surface area contributed by atoms with E-state index in [1.807, 2.05) is 6.07 Å². The van der Waals surface area contributed by atoms with Crippen molar-refractivity contribution in [3.63, 3.8) is 0 Å². The molecular formula is C14H24N4. The molecule has 0 bridgehead atoms. The normalized spacial score (nSPS) is 24.3. The van der Waals surface area contributed by atoms with E-state index in [4.69, 9.17) is 5.73 Å². The molecule has 1 aliphatic rings. The van der Waals surface area contributed by atoms with Crippen molar-refractivity contribution in [3.8, 4) is 0 Å². The lowest BCUT2D eigenvalue weighted by Crippen LogP contribution is -2.39. The van der Waals surface area contributed by atoms with Crippen LogP contribution in [-0.4, -0.2) is 23.1 Å². The van der Waals surface area contributed by atoms with Gasteiger partial charge in [-0.25, -0.2) is 9.97 Å². The third-order valence-corrected chi connectivity index (χ3v) is 3.45. The van der Waals surface area contributed by atoms with Crippen LogP contribution in [0.15, 0.2) is 6.07 Å². The quantitative estimate of drug-likeness (QED) is 0.893. The molecule has 1 aromatic heterocycles. The molecule has 1 saturated heterocycles. The van der Waals surface area contributed by atoms with Gasteiger partial charge in [-0.15, -0.1) is 0 Å². The predicted molar refractivity (Wildman–Crippen MR) is 75.6 cm³/mol. The van der Waals surface area contributed by atoms with Crippen molar-refractivity contribution in [2.45, 2.75) is 40.0 Å². The lowest BCUT2D eigenvalue weighted by Gasteiger charge is -2.35. The highest BCUT2D eigenvalue weighted by atomic mass is 15.2. The van der Waals surface area contributed by atoms with Gasteiger partial charge >= 0.3 is 0 Å². The lowest BCUT2D eigenvalue weighted by molar-refractivity contribution is 0.355. The van der Waals surface area contributed by atoms with Crippen LogP contribution < -0.4 is 10.6 Å². The summed E-state index contributed by atoms with van der Waals surface area (Å²) >= 11 is 0. The molecule has 1 aromatic rings. The minimum atomic E-state index is 0.592. The Morgan fingerprint density at radius 1 is 1.28 bits per heavy atom. The van der Waals surface area contributed by atoms with E-state index in [1.165, 1.54) is 6.42 Å². The molecule has 0 amide bonds. The van der Waals surface area contributed by atoms with E-state index in [0.29, 0.717) is 5.82 Å². The number of rotatable bonds is 3. The summed E-state index contributed by atoms with van der Waals surface area (Å²) in [5.41, 5.74) is 5.89. The van der Waals surface area contributed by atoms with Gasteiger partial charge in [-0.3, -0.25) is 0 Å². The molecule has 2 unspecified atom stereocenters. The first kappa shape index (κ1) is 13.1. The summed E-state index contributed by atoms with van der Waals surface area (Å²) < 4.78 is 0. The number of nitrogen functional groups attached to an aromatic ring is 1. The van der Waals surface area contributed by atoms with E-state index in [1.54, 1.807) is 0 Å². The fraction of sp³-hybridized carbons (Fsp3) is 0.714. The Labute approximate surface area is 110 Å². The Morgan fingerprint density at radius 3 is 2.56 bits per heavy atom. The van der Waals surface area contributed by atoms with E-state index >= 15 is 0 Å². The van der Waals surface area contributed by atoms with Crippen molar-refractivity contribution >= 4 is 11.6 Å². The molecule has 0 spiro atoms. The molecule has 1 fully saturated rings. The maximum absolute atomic E-state index is 5.89. The number of hydrogen-bond acceptors (Lipinski definition) is 4. The van der Waals surface area contributed by atoms with E-state index < -0.39 is 0 Å². The van der Waals surface area contributed by atoms with Crippen molar-refractivity contribution in [1.82, 2.24) is 9.97 Å². The zero-order chi connectivity index (χ0) is 13.1. The van der Waals surface area contributed by atoms with Crippen LogP contribution in [0.5, 0.6) is 0 Å². The summed E-state index contributed by atoms with van der Waals surface area (Å²) in [6, 6.07) is 1.91. The first-order chi connectivity index (χ1) is 8.58. The van der Waals surface area contributed by atoms with Crippen LogP contribution in [0.25, 0.3) is 0 Å². The first-order valence-electron chi connectivity index (χ1n) is 6.96. The Morgan fingerprint density at radius 2 is 1.94 bits per heavy atom. The summed E-state index contributed by atoms with van der Waals surface area (Å²) in [6.45, 7) is 8.90. The zero-order valence-electron chi connectivity index (χ0n) is 11.7.